The molecule has 0 saturated carbocycles. The molecule has 24 heavy (non-hydrogen) atoms. The molecule has 0 aliphatic carbocycles. The van der Waals surface area contributed by atoms with E-state index in [-0.39, 0.29) is 5.91 Å². The third kappa shape index (κ3) is 3.72. The molecule has 0 spiro atoms. The van der Waals surface area contributed by atoms with Gasteiger partial charge in [0.2, 0.25) is 0 Å². The number of nitrogens with zero attached hydrogens (tertiary/aromatic N) is 2. The fraction of sp³-hybridized carbons (Fsp3) is 0.118. The molecular formula is C17H15ClN4OS. The number of carbonyl (C=O) groups is 1. The van der Waals surface area contributed by atoms with Crippen LogP contribution in [0.4, 0.5) is 16.6 Å². The molecule has 0 aliphatic rings. The normalized spacial score (nSPS) is 10.5. The van der Waals surface area contributed by atoms with Crippen LogP contribution >= 0.6 is 22.9 Å². The minimum atomic E-state index is -0.299. The van der Waals surface area contributed by atoms with Crippen molar-refractivity contribution in [2.75, 3.05) is 10.6 Å². The van der Waals surface area contributed by atoms with Gasteiger partial charge in [-0.2, -0.15) is 0 Å². The first-order valence-corrected chi connectivity index (χ1v) is 8.50. The first-order valence-electron chi connectivity index (χ1n) is 7.24. The number of thiazole rings is 1. The second-order valence-electron chi connectivity index (χ2n) is 5.27. The lowest BCUT2D eigenvalue weighted by atomic mass is 10.2. The number of hydrogen-bond donors (Lipinski definition) is 2. The van der Waals surface area contributed by atoms with Gasteiger partial charge in [-0.25, -0.2) is 9.97 Å². The Labute approximate surface area is 148 Å². The summed E-state index contributed by atoms with van der Waals surface area (Å²) in [6.45, 7) is 3.86. The Kier molecular flexibility index (Phi) is 4.78. The van der Waals surface area contributed by atoms with Crippen molar-refractivity contribution in [3.8, 4) is 0 Å². The number of aryl methyl sites for hydroxylation is 2. The Morgan fingerprint density at radius 2 is 2.04 bits per heavy atom. The van der Waals surface area contributed by atoms with Crippen molar-refractivity contribution in [3.05, 3.63) is 63.8 Å². The topological polar surface area (TPSA) is 66.9 Å². The molecule has 0 unspecified atom stereocenters. The van der Waals surface area contributed by atoms with Gasteiger partial charge in [-0.1, -0.05) is 29.8 Å². The number of halogens is 1. The van der Waals surface area contributed by atoms with Gasteiger partial charge < -0.3 is 10.6 Å². The molecule has 1 amide bonds. The van der Waals surface area contributed by atoms with Crippen LogP contribution in [0.5, 0.6) is 0 Å². The fourth-order valence-corrected chi connectivity index (χ4v) is 3.02. The molecule has 0 fully saturated rings. The molecule has 3 rings (SSSR count). The molecular weight excluding hydrogens is 344 g/mol. The van der Waals surface area contributed by atoms with E-state index in [4.69, 9.17) is 11.6 Å². The standard InChI is InChI=1S/C17H15ClN4OS/c1-10-6-7-14(19-8-10)21-17-20-13(9-24-17)16(23)22-15-11(2)4-3-5-12(15)18/h3-9H,1-2H3,(H,22,23)(H,19,20,21). The summed E-state index contributed by atoms with van der Waals surface area (Å²) in [7, 11) is 0. The number of amides is 1. The van der Waals surface area contributed by atoms with Crippen molar-refractivity contribution in [2.24, 2.45) is 0 Å². The van der Waals surface area contributed by atoms with E-state index < -0.39 is 0 Å². The van der Waals surface area contributed by atoms with Crippen LogP contribution in [0, 0.1) is 13.8 Å². The summed E-state index contributed by atoms with van der Waals surface area (Å²) >= 11 is 7.47. The fourth-order valence-electron chi connectivity index (χ4n) is 2.05. The third-order valence-electron chi connectivity index (χ3n) is 3.34. The highest BCUT2D eigenvalue weighted by Gasteiger charge is 2.14. The van der Waals surface area contributed by atoms with Gasteiger partial charge in [0.05, 0.1) is 10.7 Å². The van der Waals surface area contributed by atoms with Gasteiger partial charge >= 0.3 is 0 Å². The zero-order chi connectivity index (χ0) is 17.1. The largest absolute Gasteiger partial charge is 0.319 e. The third-order valence-corrected chi connectivity index (χ3v) is 4.42. The van der Waals surface area contributed by atoms with Gasteiger partial charge in [0.15, 0.2) is 5.13 Å². The van der Waals surface area contributed by atoms with Crippen molar-refractivity contribution in [1.82, 2.24) is 9.97 Å². The lowest BCUT2D eigenvalue weighted by Crippen LogP contribution is -2.13. The number of aromatic nitrogens is 2. The molecule has 2 N–H and O–H groups in total. The first-order chi connectivity index (χ1) is 11.5. The average Bonchev–Trinajstić information content (AvgIpc) is 3.02. The summed E-state index contributed by atoms with van der Waals surface area (Å²) in [6.07, 6.45) is 1.77. The van der Waals surface area contributed by atoms with Crippen LogP contribution in [0.15, 0.2) is 41.9 Å². The second kappa shape index (κ2) is 6.98. The zero-order valence-electron chi connectivity index (χ0n) is 13.1. The number of para-hydroxylation sites is 1. The van der Waals surface area contributed by atoms with Crippen molar-refractivity contribution in [3.63, 3.8) is 0 Å². The zero-order valence-corrected chi connectivity index (χ0v) is 14.7. The van der Waals surface area contributed by atoms with Gasteiger partial charge in [0.25, 0.3) is 5.91 Å². The van der Waals surface area contributed by atoms with Crippen LogP contribution < -0.4 is 10.6 Å². The average molecular weight is 359 g/mol. The van der Waals surface area contributed by atoms with Gasteiger partial charge in [-0.05, 0) is 37.1 Å². The van der Waals surface area contributed by atoms with E-state index >= 15 is 0 Å². The number of rotatable bonds is 4. The molecule has 2 aromatic heterocycles. The van der Waals surface area contributed by atoms with E-state index in [9.17, 15) is 4.79 Å². The van der Waals surface area contributed by atoms with Gasteiger partial charge in [-0.3, -0.25) is 4.79 Å². The minimum absolute atomic E-state index is 0.299. The van der Waals surface area contributed by atoms with Crippen molar-refractivity contribution >= 4 is 45.5 Å². The maximum Gasteiger partial charge on any atom is 0.275 e. The second-order valence-corrected chi connectivity index (χ2v) is 6.53. The molecule has 0 aliphatic heterocycles. The van der Waals surface area contributed by atoms with Gasteiger partial charge in [-0.15, -0.1) is 11.3 Å². The Morgan fingerprint density at radius 3 is 2.75 bits per heavy atom. The van der Waals surface area contributed by atoms with E-state index in [2.05, 4.69) is 20.6 Å². The first kappa shape index (κ1) is 16.4. The van der Waals surface area contributed by atoms with Crippen LogP contribution in [0.1, 0.15) is 21.6 Å². The van der Waals surface area contributed by atoms with Crippen molar-refractivity contribution < 1.29 is 4.79 Å². The monoisotopic (exact) mass is 358 g/mol. The molecule has 5 nitrogen and oxygen atoms in total. The number of carbonyl (C=O) groups excluding carboxylic acids is 1. The Balaban J connectivity index is 1.73. The quantitative estimate of drug-likeness (QED) is 0.702. The van der Waals surface area contributed by atoms with E-state index in [1.54, 1.807) is 17.6 Å². The lowest BCUT2D eigenvalue weighted by molar-refractivity contribution is 0.102. The van der Waals surface area contributed by atoms with Crippen molar-refractivity contribution in [2.45, 2.75) is 13.8 Å². The summed E-state index contributed by atoms with van der Waals surface area (Å²) in [5.74, 6) is 0.385. The van der Waals surface area contributed by atoms with Crippen LogP contribution in [0.3, 0.4) is 0 Å². The molecule has 1 aromatic carbocycles. The Bertz CT molecular complexity index is 856. The number of anilines is 3. The van der Waals surface area contributed by atoms with Gasteiger partial charge in [0, 0.05) is 11.6 Å². The molecule has 0 saturated heterocycles. The van der Waals surface area contributed by atoms with E-state index in [1.165, 1.54) is 11.3 Å². The maximum atomic E-state index is 12.4. The summed E-state index contributed by atoms with van der Waals surface area (Å²) in [6, 6.07) is 9.28. The molecule has 122 valence electrons. The summed E-state index contributed by atoms with van der Waals surface area (Å²) < 4.78 is 0. The highest BCUT2D eigenvalue weighted by Crippen LogP contribution is 2.26. The smallest absolute Gasteiger partial charge is 0.275 e. The van der Waals surface area contributed by atoms with Crippen LogP contribution in [0.25, 0.3) is 0 Å². The predicted octanol–water partition coefficient (Wildman–Crippen LogP) is 4.80. The van der Waals surface area contributed by atoms with Gasteiger partial charge in [0.1, 0.15) is 11.5 Å². The molecule has 0 radical (unpaired) electrons. The molecule has 2 heterocycles. The molecule has 7 heteroatoms. The summed E-state index contributed by atoms with van der Waals surface area (Å²) in [4.78, 5) is 20.9. The Hall–Kier alpha value is -2.44. The molecule has 3 aromatic rings. The lowest BCUT2D eigenvalue weighted by Gasteiger charge is -2.08. The van der Waals surface area contributed by atoms with Crippen LogP contribution in [-0.4, -0.2) is 15.9 Å². The number of nitrogens with one attached hydrogen (secondary N) is 2. The van der Waals surface area contributed by atoms with Crippen LogP contribution in [0.2, 0.25) is 5.02 Å². The van der Waals surface area contributed by atoms with E-state index in [0.29, 0.717) is 27.4 Å². The highest BCUT2D eigenvalue weighted by molar-refractivity contribution is 7.14. The summed E-state index contributed by atoms with van der Waals surface area (Å²) in [5, 5.41) is 8.69. The maximum absolute atomic E-state index is 12.4. The minimum Gasteiger partial charge on any atom is -0.319 e. The highest BCUT2D eigenvalue weighted by atomic mass is 35.5. The predicted molar refractivity (Wildman–Crippen MR) is 98.5 cm³/mol. The number of pyridine rings is 1. The SMILES string of the molecule is Cc1ccc(Nc2nc(C(=O)Nc3c(C)cccc3Cl)cs2)nc1. The number of hydrogen-bond acceptors (Lipinski definition) is 5. The number of benzene rings is 1. The molecule has 0 bridgehead atoms. The molecule has 0 atom stereocenters. The Morgan fingerprint density at radius 1 is 1.21 bits per heavy atom. The van der Waals surface area contributed by atoms with Crippen LogP contribution in [-0.2, 0) is 0 Å². The van der Waals surface area contributed by atoms with E-state index in [1.807, 2.05) is 38.1 Å². The van der Waals surface area contributed by atoms with Crippen molar-refractivity contribution in [1.29, 1.82) is 0 Å². The van der Waals surface area contributed by atoms with E-state index in [0.717, 1.165) is 11.1 Å². The summed E-state index contributed by atoms with van der Waals surface area (Å²) in [5.41, 5.74) is 2.91.